The number of pyridine rings is 1. The molecule has 2 rings (SSSR count). The smallest absolute Gasteiger partial charge is 0.103 e. The number of rotatable bonds is 2. The third-order valence-corrected chi connectivity index (χ3v) is 3.89. The fraction of sp³-hybridized carbons (Fsp3) is 0.667. The van der Waals surface area contributed by atoms with E-state index in [2.05, 4.69) is 30.2 Å². The molecule has 0 unspecified atom stereocenters. The molecule has 2 N–H and O–H groups in total. The van der Waals surface area contributed by atoms with Crippen molar-refractivity contribution in [2.24, 2.45) is 5.41 Å². The van der Waals surface area contributed by atoms with Gasteiger partial charge in [0, 0.05) is 5.69 Å². The normalized spacial score (nSPS) is 17.8. The van der Waals surface area contributed by atoms with Crippen molar-refractivity contribution in [1.29, 1.82) is 0 Å². The van der Waals surface area contributed by atoms with Crippen LogP contribution in [0.4, 0.5) is 0 Å². The minimum Gasteiger partial charge on any atom is -0.350 e. The molecule has 0 aliphatic carbocycles. The lowest BCUT2D eigenvalue weighted by molar-refractivity contribution is 0.227. The summed E-state index contributed by atoms with van der Waals surface area (Å²) in [6.07, 6.45) is 3.69. The van der Waals surface area contributed by atoms with Gasteiger partial charge in [-0.1, -0.05) is 39.1 Å². The van der Waals surface area contributed by atoms with Gasteiger partial charge in [-0.15, -0.1) is 0 Å². The Labute approximate surface area is 116 Å². The van der Waals surface area contributed by atoms with E-state index in [0.29, 0.717) is 5.41 Å². The van der Waals surface area contributed by atoms with Gasteiger partial charge in [-0.3, -0.25) is 0 Å². The summed E-state index contributed by atoms with van der Waals surface area (Å²) >= 11 is 5.13. The third-order valence-electron chi connectivity index (χ3n) is 3.66. The number of H-pyrrole nitrogens is 1. The monoisotopic (exact) mass is 266 g/mol. The Bertz CT molecular complexity index is 417. The zero-order valence-corrected chi connectivity index (χ0v) is 12.9. The van der Waals surface area contributed by atoms with Crippen molar-refractivity contribution in [3.63, 3.8) is 0 Å². The van der Waals surface area contributed by atoms with Crippen molar-refractivity contribution in [2.75, 3.05) is 13.1 Å². The van der Waals surface area contributed by atoms with Crippen molar-refractivity contribution in [1.82, 2.24) is 10.3 Å². The van der Waals surface area contributed by atoms with Gasteiger partial charge in [0.25, 0.3) is 0 Å². The maximum absolute atomic E-state index is 5.13. The summed E-state index contributed by atoms with van der Waals surface area (Å²) in [5.41, 5.74) is 3.09. The van der Waals surface area contributed by atoms with Gasteiger partial charge in [-0.05, 0) is 56.3 Å². The molecule has 0 aromatic carbocycles. The predicted octanol–water partition coefficient (Wildman–Crippen LogP) is 4.01. The van der Waals surface area contributed by atoms with Gasteiger partial charge < -0.3 is 10.3 Å². The molecular weight excluding hydrogens is 240 g/mol. The molecule has 0 atom stereocenters. The number of hydrogen-bond acceptors (Lipinski definition) is 2. The average molecular weight is 266 g/mol. The summed E-state index contributed by atoms with van der Waals surface area (Å²) in [5.74, 6) is 0. The van der Waals surface area contributed by atoms with E-state index in [1.807, 2.05) is 19.9 Å². The molecule has 0 amide bonds. The van der Waals surface area contributed by atoms with Crippen LogP contribution in [0.2, 0.25) is 0 Å². The zero-order valence-electron chi connectivity index (χ0n) is 12.1. The van der Waals surface area contributed by atoms with E-state index >= 15 is 0 Å². The Balaban J connectivity index is 0.000000771. The van der Waals surface area contributed by atoms with Gasteiger partial charge in [0.05, 0.1) is 0 Å². The number of aryl methyl sites for hydroxylation is 1. The van der Waals surface area contributed by atoms with Crippen LogP contribution in [0.5, 0.6) is 0 Å². The fourth-order valence-corrected chi connectivity index (χ4v) is 2.69. The van der Waals surface area contributed by atoms with Crippen LogP contribution in [0.3, 0.4) is 0 Å². The molecule has 0 bridgehead atoms. The van der Waals surface area contributed by atoms with Crippen molar-refractivity contribution < 1.29 is 0 Å². The summed E-state index contributed by atoms with van der Waals surface area (Å²) in [6.45, 7) is 10.8. The fourth-order valence-electron chi connectivity index (χ4n) is 2.47. The molecule has 1 aliphatic heterocycles. The van der Waals surface area contributed by atoms with Gasteiger partial charge in [0.15, 0.2) is 0 Å². The van der Waals surface area contributed by atoms with E-state index in [4.69, 9.17) is 12.2 Å². The Morgan fingerprint density at radius 1 is 1.22 bits per heavy atom. The number of hydrogen-bond donors (Lipinski definition) is 2. The molecule has 102 valence electrons. The van der Waals surface area contributed by atoms with Crippen LogP contribution in [0.15, 0.2) is 12.1 Å². The van der Waals surface area contributed by atoms with E-state index in [-0.39, 0.29) is 0 Å². The van der Waals surface area contributed by atoms with Crippen molar-refractivity contribution in [3.05, 3.63) is 28.0 Å². The average Bonchev–Trinajstić information content (AvgIpc) is 2.36. The van der Waals surface area contributed by atoms with E-state index < -0.39 is 0 Å². The first-order valence-corrected chi connectivity index (χ1v) is 7.39. The maximum Gasteiger partial charge on any atom is 0.103 e. The second-order valence-corrected chi connectivity index (χ2v) is 5.65. The summed E-state index contributed by atoms with van der Waals surface area (Å²) in [7, 11) is 0. The molecule has 2 nitrogen and oxygen atoms in total. The molecular formula is C15H26N2S. The molecule has 1 aliphatic rings. The van der Waals surface area contributed by atoms with Gasteiger partial charge in [0.1, 0.15) is 4.64 Å². The largest absolute Gasteiger partial charge is 0.350 e. The second kappa shape index (κ2) is 7.05. The highest BCUT2D eigenvalue weighted by molar-refractivity contribution is 7.71. The van der Waals surface area contributed by atoms with Crippen molar-refractivity contribution in [2.45, 2.75) is 47.0 Å². The molecule has 1 aromatic heterocycles. The molecule has 2 heterocycles. The number of nitrogens with one attached hydrogen (secondary N) is 2. The van der Waals surface area contributed by atoms with Crippen LogP contribution >= 0.6 is 12.2 Å². The second-order valence-electron chi connectivity index (χ2n) is 5.21. The van der Waals surface area contributed by atoms with Crippen LogP contribution < -0.4 is 5.32 Å². The van der Waals surface area contributed by atoms with E-state index in [1.54, 1.807) is 0 Å². The standard InChI is InChI=1S/C13H20N2S.C2H6/c1-10-11(3-4-12(16)15-10)9-13(2)5-7-14-8-6-13;1-2/h3-4,14H,5-9H2,1-2H3,(H,15,16);1-2H3. The van der Waals surface area contributed by atoms with Crippen LogP contribution in [0.1, 0.15) is 44.9 Å². The van der Waals surface area contributed by atoms with Crippen LogP contribution in [0, 0.1) is 17.0 Å². The topological polar surface area (TPSA) is 27.8 Å². The molecule has 1 fully saturated rings. The van der Waals surface area contributed by atoms with Crippen LogP contribution in [-0.2, 0) is 6.42 Å². The third kappa shape index (κ3) is 4.21. The van der Waals surface area contributed by atoms with E-state index in [9.17, 15) is 0 Å². The number of aromatic nitrogens is 1. The highest BCUT2D eigenvalue weighted by Crippen LogP contribution is 2.32. The summed E-state index contributed by atoms with van der Waals surface area (Å²) in [6, 6.07) is 4.18. The molecule has 1 aromatic rings. The SMILES string of the molecule is CC.Cc1[nH]c(=S)ccc1CC1(C)CCNCC1. The molecule has 0 saturated carbocycles. The van der Waals surface area contributed by atoms with E-state index in [0.717, 1.165) is 24.2 Å². The first kappa shape index (κ1) is 15.4. The molecule has 0 spiro atoms. The van der Waals surface area contributed by atoms with Gasteiger partial charge >= 0.3 is 0 Å². The quantitative estimate of drug-likeness (QED) is 0.792. The Morgan fingerprint density at radius 3 is 2.39 bits per heavy atom. The van der Waals surface area contributed by atoms with Gasteiger partial charge in [0.2, 0.25) is 0 Å². The van der Waals surface area contributed by atoms with Gasteiger partial charge in [-0.2, -0.15) is 0 Å². The Hall–Kier alpha value is -0.670. The van der Waals surface area contributed by atoms with Crippen molar-refractivity contribution in [3.8, 4) is 0 Å². The van der Waals surface area contributed by atoms with Crippen LogP contribution in [-0.4, -0.2) is 18.1 Å². The summed E-state index contributed by atoms with van der Waals surface area (Å²) < 4.78 is 0.830. The van der Waals surface area contributed by atoms with Crippen molar-refractivity contribution >= 4 is 12.2 Å². The first-order valence-electron chi connectivity index (χ1n) is 6.99. The minimum atomic E-state index is 0.451. The predicted molar refractivity (Wildman–Crippen MR) is 81.6 cm³/mol. The molecule has 0 radical (unpaired) electrons. The minimum absolute atomic E-state index is 0.451. The first-order chi connectivity index (χ1) is 8.59. The van der Waals surface area contributed by atoms with Gasteiger partial charge in [-0.25, -0.2) is 0 Å². The lowest BCUT2D eigenvalue weighted by Crippen LogP contribution is -2.36. The molecule has 3 heteroatoms. The lowest BCUT2D eigenvalue weighted by atomic mass is 9.76. The number of piperidine rings is 1. The maximum atomic E-state index is 5.13. The Kier molecular flexibility index (Phi) is 6.03. The summed E-state index contributed by atoms with van der Waals surface area (Å²) in [4.78, 5) is 3.24. The zero-order chi connectivity index (χ0) is 13.6. The Morgan fingerprint density at radius 2 is 1.83 bits per heavy atom. The van der Waals surface area contributed by atoms with E-state index in [1.165, 1.54) is 24.1 Å². The number of aromatic amines is 1. The summed E-state index contributed by atoms with van der Waals surface area (Å²) in [5, 5.41) is 3.42. The van der Waals surface area contributed by atoms with Crippen LogP contribution in [0.25, 0.3) is 0 Å². The highest BCUT2D eigenvalue weighted by Gasteiger charge is 2.27. The molecule has 1 saturated heterocycles. The lowest BCUT2D eigenvalue weighted by Gasteiger charge is -2.34. The highest BCUT2D eigenvalue weighted by atomic mass is 32.1. The molecule has 18 heavy (non-hydrogen) atoms.